The number of aromatic nitrogens is 2. The summed E-state index contributed by atoms with van der Waals surface area (Å²) in [4.78, 5) is 98.2. The molecule has 7 aromatic rings. The highest BCUT2D eigenvalue weighted by Gasteiger charge is 2.44. The van der Waals surface area contributed by atoms with Gasteiger partial charge in [-0.2, -0.15) is 0 Å². The van der Waals surface area contributed by atoms with E-state index in [1.165, 1.54) is 102 Å². The fraction of sp³-hybridized carbons (Fsp3) is 0.392. The number of ketones is 2. The summed E-state index contributed by atoms with van der Waals surface area (Å²) < 4.78 is 36.1. The molecule has 3 amide bonds. The van der Waals surface area contributed by atoms with E-state index in [-0.39, 0.29) is 76.1 Å². The number of hydrogen-bond donors (Lipinski definition) is 8. The first-order valence-corrected chi connectivity index (χ1v) is 36.4. The van der Waals surface area contributed by atoms with Crippen LogP contribution in [0, 0.1) is 50.2 Å². The topological polar surface area (TPSA) is 320 Å². The van der Waals surface area contributed by atoms with Crippen LogP contribution in [0.4, 0.5) is 13.6 Å². The van der Waals surface area contributed by atoms with Crippen LogP contribution in [-0.2, 0) is 43.9 Å². The number of nitrogens with two attached hydrogens (primary N) is 3. The Morgan fingerprint density at radius 2 is 1.50 bits per heavy atom. The Labute approximate surface area is 603 Å². The van der Waals surface area contributed by atoms with Gasteiger partial charge in [0.2, 0.25) is 22.5 Å². The molecule has 2 aromatic heterocycles. The van der Waals surface area contributed by atoms with Gasteiger partial charge in [0.25, 0.3) is 0 Å². The predicted molar refractivity (Wildman–Crippen MR) is 399 cm³/mol. The van der Waals surface area contributed by atoms with E-state index in [9.17, 15) is 52.2 Å². The summed E-state index contributed by atoms with van der Waals surface area (Å²) >= 11 is 2.54. The fourth-order valence-electron chi connectivity index (χ4n) is 12.9. The molecule has 2 unspecified atom stereocenters. The molecule has 5 aromatic carbocycles. The number of ether oxygens (including phenoxy) is 2. The number of aliphatic hydroxyl groups excluding tert-OH is 1. The molecular formula is C79H95F2N7O12S2. The Morgan fingerprint density at radius 1 is 0.814 bits per heavy atom. The van der Waals surface area contributed by atoms with Crippen LogP contribution in [0.25, 0.3) is 22.0 Å². The van der Waals surface area contributed by atoms with Gasteiger partial charge in [-0.15, -0.1) is 11.8 Å². The number of aromatic amines is 2. The number of likely N-dealkylation sites (tertiary alicyclic amines) is 1. The van der Waals surface area contributed by atoms with Gasteiger partial charge >= 0.3 is 12.1 Å². The summed E-state index contributed by atoms with van der Waals surface area (Å²) in [6.07, 6.45) is 12.4. The standard InChI is InChI=1S/C16H23NO.C15H18N2O.C14H10F2O2.C14H16N2O.C11H15NO4.C9H13NO3S2/c1-13-6-8-15(9-7-13)16(18)14(2)12-17-10-4-3-5-11-17;1-3-11-10-6-9(2)8-15(11,16)12-4-5-14(18)17-13(12)7-10;1-8-2-3-9(6-12(8)14(17)18)11-5-4-10(15)7-13(11)16;1-8-2-4-12-10(6-8)11-7-9(14(15)17)3-5-13(11)16-12;1-8-2-4-10(5-3-8)15-6-9(13)7-16-11(12)14;1-6(11)4-14-5-8(12)10-7-2-3-15-9(7)13/h6-9,14H,3-5,10-12H2,1-2H3;3-6,10H,7-8,16H2,1-2H3,(H,17,18);2-7H,1H3,(H,17,18);3,5,7-8,16H,2,4,6H2,1H3,(H2,15,17);2-5,9,13H,6-7H2,1H3,(H2,12,14);7H,2-5H2,1H3,(H,10,12)/b;11-3-;;;;/t;10-,15+;;8-;9-;/m.0.10./s1. The second-order valence-corrected chi connectivity index (χ2v) is 28.7. The molecule has 0 saturated carbocycles. The molecule has 23 heteroatoms. The average molecular weight is 1440 g/mol. The predicted octanol–water partition coefficient (Wildman–Crippen LogP) is 12.6. The third-order valence-electron chi connectivity index (χ3n) is 18.1. The number of thioether (sulfide) groups is 2. The van der Waals surface area contributed by atoms with Crippen molar-refractivity contribution in [3.8, 4) is 16.9 Å². The van der Waals surface area contributed by atoms with Gasteiger partial charge in [0.15, 0.2) is 5.78 Å². The largest absolute Gasteiger partial charge is 0.491 e. The smallest absolute Gasteiger partial charge is 0.404 e. The van der Waals surface area contributed by atoms with E-state index in [1.54, 1.807) is 43.3 Å². The SMILES string of the molecule is C/C=C1/[C@H]2C=C(C)C[C@]1(N)c1ccc(=O)[nH]c1C2.CC(=O)CSCC(=O)NC1CCSC1=O.C[C@@H]1CCc2[nH]c3ccc(C(N)=O)cc3c2C1.Cc1ccc(-c2ccc(F)cc2F)cc1C(=O)O.Cc1ccc(C(=O)C(C)CN2CCCCC2)cc1.Cc1ccc(OC[C@H](O)COC(N)=O)cc1. The number of rotatable bonds is 17. The number of pyridine rings is 1. The first-order valence-electron chi connectivity index (χ1n) is 34.3. The molecule has 2 saturated heterocycles. The minimum Gasteiger partial charge on any atom is -0.491 e. The average Bonchev–Trinajstić information content (AvgIpc) is 0.953. The molecule has 2 fully saturated rings. The highest BCUT2D eigenvalue weighted by Crippen LogP contribution is 2.47. The van der Waals surface area contributed by atoms with Gasteiger partial charge in [-0.25, -0.2) is 18.4 Å². The molecule has 2 bridgehead atoms. The quantitative estimate of drug-likeness (QED) is 0.0310. The zero-order valence-corrected chi connectivity index (χ0v) is 60.9. The van der Waals surface area contributed by atoms with E-state index in [0.717, 1.165) is 97.0 Å². The summed E-state index contributed by atoms with van der Waals surface area (Å²) in [5.74, 6) is 0.550. The van der Waals surface area contributed by atoms with E-state index >= 15 is 0 Å². The van der Waals surface area contributed by atoms with Crippen LogP contribution >= 0.6 is 23.5 Å². The lowest BCUT2D eigenvalue weighted by molar-refractivity contribution is -0.122. The zero-order valence-electron chi connectivity index (χ0n) is 59.3. The number of hydrogen-bond acceptors (Lipinski definition) is 15. The van der Waals surface area contributed by atoms with Crippen LogP contribution in [0.3, 0.4) is 0 Å². The van der Waals surface area contributed by atoms with Crippen molar-refractivity contribution < 1.29 is 62.0 Å². The molecule has 0 spiro atoms. The van der Waals surface area contributed by atoms with E-state index in [4.69, 9.17) is 27.0 Å². The van der Waals surface area contributed by atoms with Crippen LogP contribution in [0.15, 0.2) is 143 Å². The molecule has 544 valence electrons. The number of nitrogens with zero attached hydrogens (tertiary/aromatic N) is 1. The first kappa shape index (κ1) is 80.3. The Kier molecular flexibility index (Phi) is 30.2. The van der Waals surface area contributed by atoms with Gasteiger partial charge in [0, 0.05) is 75.2 Å². The summed E-state index contributed by atoms with van der Waals surface area (Å²) in [6, 6.07) is 32.0. The number of aromatic carboxylic acids is 1. The van der Waals surface area contributed by atoms with Crippen molar-refractivity contribution in [1.29, 1.82) is 0 Å². The number of allylic oxidation sites excluding steroid dienone is 2. The van der Waals surface area contributed by atoms with Gasteiger partial charge in [-0.05, 0) is 194 Å². The van der Waals surface area contributed by atoms with Crippen LogP contribution in [0.5, 0.6) is 5.75 Å². The van der Waals surface area contributed by atoms with E-state index < -0.39 is 35.3 Å². The monoisotopic (exact) mass is 1440 g/mol. The Hall–Kier alpha value is -9.00. The van der Waals surface area contributed by atoms with Crippen molar-refractivity contribution >= 4 is 75.0 Å². The molecule has 2 aliphatic heterocycles. The number of benzene rings is 5. The Balaban J connectivity index is 0.000000172. The van der Waals surface area contributed by atoms with Crippen LogP contribution < -0.4 is 32.8 Å². The maximum Gasteiger partial charge on any atom is 0.404 e. The first-order chi connectivity index (χ1) is 48.5. The fourth-order valence-corrected chi connectivity index (χ4v) is 14.5. The lowest BCUT2D eigenvalue weighted by atomic mass is 9.63. The van der Waals surface area contributed by atoms with Crippen molar-refractivity contribution in [3.05, 3.63) is 216 Å². The van der Waals surface area contributed by atoms with Crippen molar-refractivity contribution in [3.63, 3.8) is 0 Å². The summed E-state index contributed by atoms with van der Waals surface area (Å²) in [7, 11) is 0. The molecule has 4 heterocycles. The van der Waals surface area contributed by atoms with Crippen LogP contribution in [0.1, 0.15) is 143 Å². The zero-order chi connectivity index (χ0) is 74.4. The number of aryl methyl sites for hydroxylation is 4. The minimum absolute atomic E-state index is 0.0416. The number of piperidine rings is 1. The van der Waals surface area contributed by atoms with Gasteiger partial charge in [-0.1, -0.05) is 109 Å². The lowest BCUT2D eigenvalue weighted by Gasteiger charge is -2.45. The van der Waals surface area contributed by atoms with Crippen molar-refractivity contribution in [2.45, 2.75) is 131 Å². The van der Waals surface area contributed by atoms with E-state index in [2.05, 4.69) is 64.8 Å². The number of H-pyrrole nitrogens is 2. The lowest BCUT2D eigenvalue weighted by Crippen LogP contribution is -2.48. The number of Topliss-reactive ketones (excluding diaryl/α,β-unsaturated/α-hetero) is 2. The Morgan fingerprint density at radius 3 is 2.13 bits per heavy atom. The van der Waals surface area contributed by atoms with E-state index in [0.29, 0.717) is 40.5 Å². The molecule has 11 N–H and O–H groups in total. The van der Waals surface area contributed by atoms with E-state index in [1.807, 2.05) is 68.4 Å². The molecule has 12 rings (SSSR count). The van der Waals surface area contributed by atoms with Crippen LogP contribution in [-0.4, -0.2) is 128 Å². The second kappa shape index (κ2) is 38.3. The molecule has 3 aliphatic carbocycles. The third-order valence-corrected chi connectivity index (χ3v) is 20.1. The summed E-state index contributed by atoms with van der Waals surface area (Å²) in [5, 5.41) is 22.2. The molecule has 19 nitrogen and oxygen atoms in total. The summed E-state index contributed by atoms with van der Waals surface area (Å²) in [6.45, 7) is 18.8. The highest BCUT2D eigenvalue weighted by molar-refractivity contribution is 8.14. The van der Waals surface area contributed by atoms with Gasteiger partial charge in [-0.3, -0.25) is 28.8 Å². The number of nitrogens with one attached hydrogen (secondary N) is 3. The number of carbonyl (C=O) groups is 7. The highest BCUT2D eigenvalue weighted by atomic mass is 32.2. The van der Waals surface area contributed by atoms with Gasteiger partial charge in [0.1, 0.15) is 42.5 Å². The molecule has 0 radical (unpaired) electrons. The number of fused-ring (bicyclic) bond motifs is 7. The maximum atomic E-state index is 13.6. The van der Waals surface area contributed by atoms with Crippen molar-refractivity contribution in [1.82, 2.24) is 20.2 Å². The molecular weight excluding hydrogens is 1340 g/mol. The minimum atomic E-state index is -1.07. The number of halogens is 2. The Bertz CT molecular complexity index is 4230. The number of carboxylic acids is 1. The number of amides is 3. The van der Waals surface area contributed by atoms with Gasteiger partial charge < -0.3 is 57.1 Å². The number of carboxylic acid groups (broad SMARTS) is 1. The second-order valence-electron chi connectivity index (χ2n) is 26.6. The van der Waals surface area contributed by atoms with Gasteiger partial charge in [0.05, 0.1) is 28.6 Å². The van der Waals surface area contributed by atoms with Crippen LogP contribution in [0.2, 0.25) is 0 Å². The molecule has 102 heavy (non-hydrogen) atoms. The molecule has 6 atom stereocenters. The number of carbonyl (C=O) groups excluding carboxylic acids is 6. The molecule has 5 aliphatic rings. The van der Waals surface area contributed by atoms with Crippen molar-refractivity contribution in [2.75, 3.05) is 50.1 Å². The summed E-state index contributed by atoms with van der Waals surface area (Å²) in [5.41, 5.74) is 29.9. The maximum absolute atomic E-state index is 13.6. The third kappa shape index (κ3) is 23.5. The van der Waals surface area contributed by atoms with Crippen molar-refractivity contribution in [2.24, 2.45) is 35.0 Å². The normalized spacial score (nSPS) is 18.8. The number of primary amides is 2. The number of aliphatic hydroxyl groups is 1.